The second kappa shape index (κ2) is 8.39. The fourth-order valence-corrected chi connectivity index (χ4v) is 1.57. The van der Waals surface area contributed by atoms with E-state index in [-0.39, 0.29) is 12.1 Å². The summed E-state index contributed by atoms with van der Waals surface area (Å²) in [6, 6.07) is 0.251. The largest absolute Gasteiger partial charge is 0.336 e. The molecule has 16 heavy (non-hydrogen) atoms. The zero-order valence-corrected chi connectivity index (χ0v) is 11.4. The zero-order valence-electron chi connectivity index (χ0n) is 11.4. The first kappa shape index (κ1) is 15.2. The van der Waals surface area contributed by atoms with Gasteiger partial charge in [-0.3, -0.25) is 0 Å². The van der Waals surface area contributed by atoms with E-state index in [2.05, 4.69) is 31.0 Å². The van der Waals surface area contributed by atoms with Crippen molar-refractivity contribution in [1.29, 1.82) is 0 Å². The number of carbonyl (C=O) groups excluding carboxylic acids is 1. The molecular weight excluding hydrogens is 202 g/mol. The minimum Gasteiger partial charge on any atom is -0.336 e. The van der Waals surface area contributed by atoms with E-state index in [1.165, 1.54) is 0 Å². The Hall–Kier alpha value is -0.770. The summed E-state index contributed by atoms with van der Waals surface area (Å²) in [5.74, 6) is 0. The van der Waals surface area contributed by atoms with E-state index in [0.717, 1.165) is 32.5 Å². The monoisotopic (exact) mass is 229 g/mol. The minimum atomic E-state index is -0.00432. The highest BCUT2D eigenvalue weighted by Gasteiger charge is 2.08. The van der Waals surface area contributed by atoms with Crippen molar-refractivity contribution in [3.63, 3.8) is 0 Å². The molecule has 0 rings (SSSR count). The Morgan fingerprint density at radius 2 is 1.81 bits per heavy atom. The van der Waals surface area contributed by atoms with Gasteiger partial charge in [0.25, 0.3) is 0 Å². The third-order valence-electron chi connectivity index (χ3n) is 2.78. The number of amides is 2. The highest BCUT2D eigenvalue weighted by atomic mass is 16.2. The molecule has 0 aromatic carbocycles. The average Bonchev–Trinajstić information content (AvgIpc) is 2.24. The van der Waals surface area contributed by atoms with Crippen LogP contribution in [0.5, 0.6) is 0 Å². The van der Waals surface area contributed by atoms with Crippen LogP contribution in [0, 0.1) is 0 Å². The maximum Gasteiger partial charge on any atom is 0.317 e. The molecule has 0 saturated carbocycles. The molecule has 0 saturated heterocycles. The van der Waals surface area contributed by atoms with Crippen LogP contribution < -0.4 is 5.32 Å². The van der Waals surface area contributed by atoms with Crippen molar-refractivity contribution in [2.45, 2.75) is 39.7 Å². The number of nitrogens with zero attached hydrogens (tertiary/aromatic N) is 2. The van der Waals surface area contributed by atoms with Crippen LogP contribution in [0.15, 0.2) is 0 Å². The van der Waals surface area contributed by atoms with E-state index in [0.29, 0.717) is 0 Å². The van der Waals surface area contributed by atoms with E-state index in [9.17, 15) is 4.79 Å². The van der Waals surface area contributed by atoms with E-state index < -0.39 is 0 Å². The lowest BCUT2D eigenvalue weighted by Gasteiger charge is -2.21. The van der Waals surface area contributed by atoms with Gasteiger partial charge in [-0.2, -0.15) is 0 Å². The van der Waals surface area contributed by atoms with Crippen molar-refractivity contribution in [3.8, 4) is 0 Å². The SMILES string of the molecule is CCN(CC)CCCC(C)NC(=O)N(C)C. The molecule has 0 fully saturated rings. The predicted octanol–water partition coefficient (Wildman–Crippen LogP) is 1.77. The minimum absolute atomic E-state index is 0.00432. The molecule has 0 aliphatic carbocycles. The van der Waals surface area contributed by atoms with Crippen LogP contribution in [0.4, 0.5) is 4.79 Å². The fourth-order valence-electron chi connectivity index (χ4n) is 1.57. The van der Waals surface area contributed by atoms with Crippen LogP contribution >= 0.6 is 0 Å². The summed E-state index contributed by atoms with van der Waals surface area (Å²) in [6.45, 7) is 9.75. The van der Waals surface area contributed by atoms with Crippen LogP contribution in [0.3, 0.4) is 0 Å². The van der Waals surface area contributed by atoms with E-state index in [4.69, 9.17) is 0 Å². The molecule has 0 aliphatic rings. The summed E-state index contributed by atoms with van der Waals surface area (Å²) >= 11 is 0. The van der Waals surface area contributed by atoms with Gasteiger partial charge in [-0.25, -0.2) is 4.79 Å². The Bertz CT molecular complexity index is 191. The van der Waals surface area contributed by atoms with Gasteiger partial charge in [-0.05, 0) is 39.4 Å². The lowest BCUT2D eigenvalue weighted by molar-refractivity contribution is 0.212. The van der Waals surface area contributed by atoms with Crippen LogP contribution in [0.2, 0.25) is 0 Å². The van der Waals surface area contributed by atoms with Crippen LogP contribution in [0.25, 0.3) is 0 Å². The summed E-state index contributed by atoms with van der Waals surface area (Å²) < 4.78 is 0. The Labute approximate surface area is 100.0 Å². The van der Waals surface area contributed by atoms with Gasteiger partial charge in [0.2, 0.25) is 0 Å². The van der Waals surface area contributed by atoms with Crippen molar-refractivity contribution in [3.05, 3.63) is 0 Å². The van der Waals surface area contributed by atoms with Crippen molar-refractivity contribution in [2.24, 2.45) is 0 Å². The van der Waals surface area contributed by atoms with E-state index >= 15 is 0 Å². The molecule has 0 spiro atoms. The molecule has 0 radical (unpaired) electrons. The number of carbonyl (C=O) groups is 1. The lowest BCUT2D eigenvalue weighted by atomic mass is 10.2. The summed E-state index contributed by atoms with van der Waals surface area (Å²) in [5.41, 5.74) is 0. The Morgan fingerprint density at radius 3 is 2.25 bits per heavy atom. The summed E-state index contributed by atoms with van der Waals surface area (Å²) in [7, 11) is 3.52. The third-order valence-corrected chi connectivity index (χ3v) is 2.78. The van der Waals surface area contributed by atoms with Gasteiger partial charge < -0.3 is 15.1 Å². The number of hydrogen-bond acceptors (Lipinski definition) is 2. The molecule has 1 N–H and O–H groups in total. The Kier molecular flexibility index (Phi) is 7.99. The molecule has 0 heterocycles. The molecule has 2 amide bonds. The molecule has 1 unspecified atom stereocenters. The van der Waals surface area contributed by atoms with E-state index in [1.807, 2.05) is 0 Å². The van der Waals surface area contributed by atoms with Gasteiger partial charge in [0, 0.05) is 20.1 Å². The number of rotatable bonds is 7. The fraction of sp³-hybridized carbons (Fsp3) is 0.917. The molecule has 0 bridgehead atoms. The summed E-state index contributed by atoms with van der Waals surface area (Å²) in [6.07, 6.45) is 2.17. The molecule has 0 aromatic heterocycles. The normalized spacial score (nSPS) is 12.6. The molecular formula is C12H27N3O. The highest BCUT2D eigenvalue weighted by molar-refractivity contribution is 5.73. The van der Waals surface area contributed by atoms with Crippen molar-refractivity contribution < 1.29 is 4.79 Å². The quantitative estimate of drug-likeness (QED) is 0.722. The van der Waals surface area contributed by atoms with Gasteiger partial charge in [-0.15, -0.1) is 0 Å². The molecule has 4 nitrogen and oxygen atoms in total. The molecule has 1 atom stereocenters. The van der Waals surface area contributed by atoms with Crippen molar-refractivity contribution >= 4 is 6.03 Å². The summed E-state index contributed by atoms with van der Waals surface area (Å²) in [4.78, 5) is 15.3. The van der Waals surface area contributed by atoms with Gasteiger partial charge in [0.05, 0.1) is 0 Å². The predicted molar refractivity (Wildman–Crippen MR) is 68.7 cm³/mol. The van der Waals surface area contributed by atoms with Gasteiger partial charge >= 0.3 is 6.03 Å². The number of nitrogens with one attached hydrogen (secondary N) is 1. The molecule has 0 aliphatic heterocycles. The summed E-state index contributed by atoms with van der Waals surface area (Å²) in [5, 5.41) is 2.96. The third kappa shape index (κ3) is 6.67. The first-order valence-electron chi connectivity index (χ1n) is 6.21. The maximum atomic E-state index is 11.4. The smallest absolute Gasteiger partial charge is 0.317 e. The Morgan fingerprint density at radius 1 is 1.25 bits per heavy atom. The van der Waals surface area contributed by atoms with Gasteiger partial charge in [0.1, 0.15) is 0 Å². The first-order chi connectivity index (χ1) is 7.51. The van der Waals surface area contributed by atoms with Crippen molar-refractivity contribution in [1.82, 2.24) is 15.1 Å². The second-order valence-electron chi connectivity index (χ2n) is 4.41. The van der Waals surface area contributed by atoms with Crippen LogP contribution in [0.1, 0.15) is 33.6 Å². The first-order valence-corrected chi connectivity index (χ1v) is 6.21. The molecule has 96 valence electrons. The maximum absolute atomic E-state index is 11.4. The Balaban J connectivity index is 3.65. The number of urea groups is 1. The average molecular weight is 229 g/mol. The topological polar surface area (TPSA) is 35.6 Å². The lowest BCUT2D eigenvalue weighted by Crippen LogP contribution is -2.40. The highest BCUT2D eigenvalue weighted by Crippen LogP contribution is 2.00. The van der Waals surface area contributed by atoms with Crippen LogP contribution in [-0.4, -0.2) is 55.6 Å². The van der Waals surface area contributed by atoms with E-state index in [1.54, 1.807) is 19.0 Å². The van der Waals surface area contributed by atoms with Crippen LogP contribution in [-0.2, 0) is 0 Å². The zero-order chi connectivity index (χ0) is 12.6. The van der Waals surface area contributed by atoms with Gasteiger partial charge in [0.15, 0.2) is 0 Å². The van der Waals surface area contributed by atoms with Crippen molar-refractivity contribution in [2.75, 3.05) is 33.7 Å². The van der Waals surface area contributed by atoms with Gasteiger partial charge in [-0.1, -0.05) is 13.8 Å². The number of hydrogen-bond donors (Lipinski definition) is 1. The second-order valence-corrected chi connectivity index (χ2v) is 4.41. The molecule has 0 aromatic rings. The standard InChI is InChI=1S/C12H27N3O/c1-6-15(7-2)10-8-9-11(3)13-12(16)14(4)5/h11H,6-10H2,1-5H3,(H,13,16). The molecule has 4 heteroatoms.